The van der Waals surface area contributed by atoms with Crippen LogP contribution in [0.15, 0.2) is 24.5 Å². The number of aliphatic hydroxyl groups excluding tert-OH is 1. The molecule has 0 radical (unpaired) electrons. The number of hydrogen-bond acceptors (Lipinski definition) is 5. The Kier molecular flexibility index (Phi) is 6.57. The fourth-order valence-corrected chi connectivity index (χ4v) is 3.07. The minimum atomic E-state index is 0.270. The van der Waals surface area contributed by atoms with Crippen molar-refractivity contribution in [2.24, 2.45) is 11.8 Å². The van der Waals surface area contributed by atoms with E-state index in [2.05, 4.69) is 27.9 Å². The molecule has 1 aliphatic heterocycles. The highest BCUT2D eigenvalue weighted by Crippen LogP contribution is 2.25. The Hall–Kier alpha value is -1.01. The third-order valence-corrected chi connectivity index (χ3v) is 4.24. The number of methoxy groups -OCH3 is 1. The lowest BCUT2D eigenvalue weighted by Crippen LogP contribution is -2.33. The highest BCUT2D eigenvalue weighted by molar-refractivity contribution is 5.08. The van der Waals surface area contributed by atoms with Crippen molar-refractivity contribution in [3.8, 4) is 0 Å². The van der Waals surface area contributed by atoms with Crippen LogP contribution in [0.25, 0.3) is 0 Å². The maximum absolute atomic E-state index is 9.63. The van der Waals surface area contributed by atoms with Gasteiger partial charge < -0.3 is 14.7 Å². The number of aliphatic hydroxyl groups is 1. The number of likely N-dealkylation sites (N-methyl/N-ethyl adjacent to an activating group) is 1. The quantitative estimate of drug-likeness (QED) is 0.764. The standard InChI is InChI=1S/C16H27N3O2/c1-18(6-7-21-2)10-15-11-19(12-16(15)13-20)9-14-4-3-5-17-8-14/h3-5,8,15-16,20H,6-7,9-13H2,1-2H3/t15-,16-/m1/s1. The minimum absolute atomic E-state index is 0.270. The summed E-state index contributed by atoms with van der Waals surface area (Å²) < 4.78 is 5.12. The number of rotatable bonds is 8. The van der Waals surface area contributed by atoms with Gasteiger partial charge in [0, 0.05) is 58.8 Å². The summed E-state index contributed by atoms with van der Waals surface area (Å²) in [5, 5.41) is 9.63. The summed E-state index contributed by atoms with van der Waals surface area (Å²) in [6.45, 7) is 5.90. The van der Waals surface area contributed by atoms with E-state index in [1.165, 1.54) is 5.56 Å². The second-order valence-corrected chi connectivity index (χ2v) is 6.01. The molecule has 2 rings (SSSR count). The first-order valence-electron chi connectivity index (χ1n) is 7.62. The van der Waals surface area contributed by atoms with Gasteiger partial charge in [0.1, 0.15) is 0 Å². The molecule has 0 unspecified atom stereocenters. The molecule has 0 aliphatic carbocycles. The van der Waals surface area contributed by atoms with Crippen molar-refractivity contribution >= 4 is 0 Å². The van der Waals surface area contributed by atoms with Crippen LogP contribution in [-0.2, 0) is 11.3 Å². The average molecular weight is 293 g/mol. The van der Waals surface area contributed by atoms with E-state index in [1.807, 2.05) is 12.3 Å². The van der Waals surface area contributed by atoms with Crippen LogP contribution in [0.1, 0.15) is 5.56 Å². The number of hydrogen-bond donors (Lipinski definition) is 1. The van der Waals surface area contributed by atoms with Gasteiger partial charge in [-0.15, -0.1) is 0 Å². The van der Waals surface area contributed by atoms with Crippen molar-refractivity contribution in [3.05, 3.63) is 30.1 Å². The van der Waals surface area contributed by atoms with E-state index in [0.29, 0.717) is 11.8 Å². The van der Waals surface area contributed by atoms with Crippen LogP contribution in [0, 0.1) is 11.8 Å². The van der Waals surface area contributed by atoms with Crippen LogP contribution < -0.4 is 0 Å². The van der Waals surface area contributed by atoms with Gasteiger partial charge in [0.05, 0.1) is 6.61 Å². The molecule has 1 saturated heterocycles. The van der Waals surface area contributed by atoms with Crippen molar-refractivity contribution in [2.75, 3.05) is 53.6 Å². The normalized spacial score (nSPS) is 23.0. The van der Waals surface area contributed by atoms with Crippen LogP contribution in [0.5, 0.6) is 0 Å². The number of nitrogens with zero attached hydrogens (tertiary/aromatic N) is 3. The Labute approximate surface area is 127 Å². The van der Waals surface area contributed by atoms with Crippen LogP contribution in [0.3, 0.4) is 0 Å². The Morgan fingerprint density at radius 2 is 2.24 bits per heavy atom. The molecule has 0 saturated carbocycles. The maximum atomic E-state index is 9.63. The lowest BCUT2D eigenvalue weighted by atomic mass is 9.96. The molecule has 1 N–H and O–H groups in total. The fraction of sp³-hybridized carbons (Fsp3) is 0.688. The van der Waals surface area contributed by atoms with Gasteiger partial charge >= 0.3 is 0 Å². The molecule has 0 amide bonds. The number of aromatic nitrogens is 1. The summed E-state index contributed by atoms with van der Waals surface area (Å²) in [4.78, 5) is 8.89. The Morgan fingerprint density at radius 3 is 2.90 bits per heavy atom. The topological polar surface area (TPSA) is 48.8 Å². The van der Waals surface area contributed by atoms with E-state index in [1.54, 1.807) is 13.3 Å². The lowest BCUT2D eigenvalue weighted by Gasteiger charge is -2.23. The maximum Gasteiger partial charge on any atom is 0.0589 e. The zero-order valence-corrected chi connectivity index (χ0v) is 13.1. The van der Waals surface area contributed by atoms with E-state index >= 15 is 0 Å². The van der Waals surface area contributed by atoms with Gasteiger partial charge in [-0.3, -0.25) is 9.88 Å². The van der Waals surface area contributed by atoms with Crippen LogP contribution in [0.2, 0.25) is 0 Å². The van der Waals surface area contributed by atoms with E-state index in [0.717, 1.165) is 39.3 Å². The Balaban J connectivity index is 1.85. The molecular formula is C16H27N3O2. The summed E-state index contributed by atoms with van der Waals surface area (Å²) in [7, 11) is 3.85. The number of likely N-dealkylation sites (tertiary alicyclic amines) is 1. The molecular weight excluding hydrogens is 266 g/mol. The van der Waals surface area contributed by atoms with Gasteiger partial charge in [-0.05, 0) is 30.5 Å². The van der Waals surface area contributed by atoms with Gasteiger partial charge in [0.25, 0.3) is 0 Å². The van der Waals surface area contributed by atoms with Crippen molar-refractivity contribution in [2.45, 2.75) is 6.54 Å². The minimum Gasteiger partial charge on any atom is -0.396 e. The molecule has 0 bridgehead atoms. The molecule has 5 nitrogen and oxygen atoms in total. The van der Waals surface area contributed by atoms with Crippen LogP contribution in [0.4, 0.5) is 0 Å². The first-order valence-corrected chi connectivity index (χ1v) is 7.62. The zero-order valence-electron chi connectivity index (χ0n) is 13.1. The second kappa shape index (κ2) is 8.44. The summed E-state index contributed by atoms with van der Waals surface area (Å²) in [5.41, 5.74) is 1.24. The van der Waals surface area contributed by atoms with Gasteiger partial charge in [0.2, 0.25) is 0 Å². The van der Waals surface area contributed by atoms with Crippen molar-refractivity contribution in [1.82, 2.24) is 14.8 Å². The lowest BCUT2D eigenvalue weighted by molar-refractivity contribution is 0.136. The first-order chi connectivity index (χ1) is 10.2. The SMILES string of the molecule is COCCN(C)C[C@@H]1CN(Cc2cccnc2)C[C@@H]1CO. The van der Waals surface area contributed by atoms with Gasteiger partial charge in [-0.2, -0.15) is 0 Å². The van der Waals surface area contributed by atoms with Crippen LogP contribution in [-0.4, -0.2) is 73.4 Å². The summed E-state index contributed by atoms with van der Waals surface area (Å²) in [6.07, 6.45) is 3.73. The molecule has 2 atom stereocenters. The van der Waals surface area contributed by atoms with Gasteiger partial charge in [-0.1, -0.05) is 6.07 Å². The first kappa shape index (κ1) is 16.4. The molecule has 21 heavy (non-hydrogen) atoms. The largest absolute Gasteiger partial charge is 0.396 e. The van der Waals surface area contributed by atoms with Crippen LogP contribution >= 0.6 is 0 Å². The Morgan fingerprint density at radius 1 is 1.43 bits per heavy atom. The molecule has 118 valence electrons. The smallest absolute Gasteiger partial charge is 0.0589 e. The molecule has 0 aromatic carbocycles. The second-order valence-electron chi connectivity index (χ2n) is 6.01. The van der Waals surface area contributed by atoms with Crippen molar-refractivity contribution < 1.29 is 9.84 Å². The van der Waals surface area contributed by atoms with Crippen molar-refractivity contribution in [1.29, 1.82) is 0 Å². The highest BCUT2D eigenvalue weighted by Gasteiger charge is 2.32. The monoisotopic (exact) mass is 293 g/mol. The highest BCUT2D eigenvalue weighted by atomic mass is 16.5. The van der Waals surface area contributed by atoms with E-state index < -0.39 is 0 Å². The Bertz CT molecular complexity index is 402. The molecule has 1 aliphatic rings. The van der Waals surface area contributed by atoms with Crippen molar-refractivity contribution in [3.63, 3.8) is 0 Å². The molecule has 2 heterocycles. The predicted molar refractivity (Wildman–Crippen MR) is 83.0 cm³/mol. The fourth-order valence-electron chi connectivity index (χ4n) is 3.07. The number of ether oxygens (including phenoxy) is 1. The van der Waals surface area contributed by atoms with E-state index in [4.69, 9.17) is 4.74 Å². The average Bonchev–Trinajstić information content (AvgIpc) is 2.87. The van der Waals surface area contributed by atoms with Gasteiger partial charge in [-0.25, -0.2) is 0 Å². The van der Waals surface area contributed by atoms with E-state index in [9.17, 15) is 5.11 Å². The molecule has 1 aromatic heterocycles. The molecule has 1 fully saturated rings. The zero-order chi connectivity index (χ0) is 15.1. The molecule has 1 aromatic rings. The van der Waals surface area contributed by atoms with Gasteiger partial charge in [0.15, 0.2) is 0 Å². The molecule has 0 spiro atoms. The predicted octanol–water partition coefficient (Wildman–Crippen LogP) is 0.700. The van der Waals surface area contributed by atoms with E-state index in [-0.39, 0.29) is 6.61 Å². The number of pyridine rings is 1. The summed E-state index contributed by atoms with van der Waals surface area (Å²) in [5.74, 6) is 0.889. The molecule has 5 heteroatoms. The third kappa shape index (κ3) is 5.04. The summed E-state index contributed by atoms with van der Waals surface area (Å²) >= 11 is 0. The third-order valence-electron chi connectivity index (χ3n) is 4.24. The summed E-state index contributed by atoms with van der Waals surface area (Å²) in [6, 6.07) is 4.09.